The smallest absolute Gasteiger partial charge is 0.306 e. The fraction of sp³-hybridized carbons (Fsp3) is 0.945. The summed E-state index contributed by atoms with van der Waals surface area (Å²) < 4.78 is 16.8. The van der Waals surface area contributed by atoms with E-state index in [0.717, 1.165) is 75.5 Å². The highest BCUT2D eigenvalue weighted by atomic mass is 16.6. The summed E-state index contributed by atoms with van der Waals surface area (Å²) in [4.78, 5) is 37.9. The molecule has 0 N–H and O–H groups in total. The normalized spacial score (nSPS) is 12.1. The minimum atomic E-state index is -0.763. The van der Waals surface area contributed by atoms with Crippen molar-refractivity contribution in [2.75, 3.05) is 13.2 Å². The molecule has 0 aliphatic carbocycles. The summed E-state index contributed by atoms with van der Waals surface area (Å²) in [5, 5.41) is 0. The Morgan fingerprint density at radius 3 is 0.705 bits per heavy atom. The van der Waals surface area contributed by atoms with E-state index in [9.17, 15) is 14.4 Å². The van der Waals surface area contributed by atoms with Gasteiger partial charge in [-0.1, -0.05) is 260 Å². The molecular weight excluding hydrogens is 757 g/mol. The fourth-order valence-electron chi connectivity index (χ4n) is 8.29. The third kappa shape index (κ3) is 49.3. The first-order chi connectivity index (χ1) is 29.6. The van der Waals surface area contributed by atoms with Crippen molar-refractivity contribution in [2.24, 2.45) is 17.8 Å². The van der Waals surface area contributed by atoms with Crippen molar-refractivity contribution in [1.82, 2.24) is 0 Å². The Bertz CT molecular complexity index is 945. The largest absolute Gasteiger partial charge is 0.462 e. The van der Waals surface area contributed by atoms with Crippen molar-refractivity contribution in [3.8, 4) is 0 Å². The van der Waals surface area contributed by atoms with Gasteiger partial charge in [0, 0.05) is 19.3 Å². The Balaban J connectivity index is 4.17. The van der Waals surface area contributed by atoms with Gasteiger partial charge in [-0.15, -0.1) is 0 Å². The van der Waals surface area contributed by atoms with Gasteiger partial charge in [-0.2, -0.15) is 0 Å². The lowest BCUT2D eigenvalue weighted by molar-refractivity contribution is -0.167. The van der Waals surface area contributed by atoms with Crippen LogP contribution in [0.2, 0.25) is 0 Å². The Labute approximate surface area is 380 Å². The zero-order chi connectivity index (χ0) is 44.9. The van der Waals surface area contributed by atoms with Gasteiger partial charge in [0.05, 0.1) is 0 Å². The molecule has 0 saturated heterocycles. The molecule has 61 heavy (non-hydrogen) atoms. The van der Waals surface area contributed by atoms with Crippen molar-refractivity contribution in [3.63, 3.8) is 0 Å². The molecule has 0 fully saturated rings. The summed E-state index contributed by atoms with van der Waals surface area (Å²) in [7, 11) is 0. The van der Waals surface area contributed by atoms with Gasteiger partial charge >= 0.3 is 17.9 Å². The van der Waals surface area contributed by atoms with Gasteiger partial charge in [-0.3, -0.25) is 14.4 Å². The molecule has 0 amide bonds. The molecule has 6 nitrogen and oxygen atoms in total. The molecule has 0 aromatic carbocycles. The average molecular weight is 863 g/mol. The van der Waals surface area contributed by atoms with E-state index in [2.05, 4.69) is 41.5 Å². The van der Waals surface area contributed by atoms with Crippen LogP contribution in [-0.4, -0.2) is 37.2 Å². The van der Waals surface area contributed by atoms with Crippen LogP contribution in [-0.2, 0) is 28.6 Å². The molecule has 0 aliphatic heterocycles. The van der Waals surface area contributed by atoms with E-state index in [0.29, 0.717) is 19.3 Å². The van der Waals surface area contributed by atoms with Gasteiger partial charge in [0.25, 0.3) is 0 Å². The number of carbonyl (C=O) groups is 3. The standard InChI is InChI=1S/C55H106O6/c1-49(2)41-35-29-23-19-15-13-11-9-7-8-10-12-14-16-21-25-32-38-44-53(56)59-47-52(61-55(58)46-40-34-28-27-31-37-43-51(5)6)48-60-54(57)45-39-33-26-22-18-17-20-24-30-36-42-50(3)4/h49-52H,7-48H2,1-6H3/t52-/m0/s1. The van der Waals surface area contributed by atoms with Crippen LogP contribution in [0.4, 0.5) is 0 Å². The Hall–Kier alpha value is -1.59. The van der Waals surface area contributed by atoms with Crippen LogP contribution in [0.3, 0.4) is 0 Å². The van der Waals surface area contributed by atoms with Crippen LogP contribution in [0.25, 0.3) is 0 Å². The maximum absolute atomic E-state index is 12.7. The van der Waals surface area contributed by atoms with Crippen LogP contribution in [0, 0.1) is 17.8 Å². The lowest BCUT2D eigenvalue weighted by Gasteiger charge is -2.18. The van der Waals surface area contributed by atoms with Crippen molar-refractivity contribution < 1.29 is 28.6 Å². The van der Waals surface area contributed by atoms with Gasteiger partial charge in [-0.05, 0) is 37.0 Å². The summed E-state index contributed by atoms with van der Waals surface area (Å²) in [5.74, 6) is 1.58. The summed E-state index contributed by atoms with van der Waals surface area (Å²) in [6, 6.07) is 0. The first kappa shape index (κ1) is 59.4. The topological polar surface area (TPSA) is 78.9 Å². The van der Waals surface area contributed by atoms with Gasteiger partial charge in [-0.25, -0.2) is 0 Å². The minimum Gasteiger partial charge on any atom is -0.462 e. The molecule has 0 heterocycles. The highest BCUT2D eigenvalue weighted by Crippen LogP contribution is 2.18. The molecule has 362 valence electrons. The highest BCUT2D eigenvalue weighted by molar-refractivity contribution is 5.71. The second-order valence-corrected chi connectivity index (χ2v) is 20.3. The van der Waals surface area contributed by atoms with Gasteiger partial charge in [0.2, 0.25) is 0 Å². The number of esters is 3. The Morgan fingerprint density at radius 1 is 0.279 bits per heavy atom. The molecule has 0 aromatic rings. The maximum atomic E-state index is 12.7. The van der Waals surface area contributed by atoms with Crippen molar-refractivity contribution in [3.05, 3.63) is 0 Å². The number of carbonyl (C=O) groups excluding carboxylic acids is 3. The summed E-state index contributed by atoms with van der Waals surface area (Å²) >= 11 is 0. The first-order valence-electron chi connectivity index (χ1n) is 27.1. The van der Waals surface area contributed by atoms with Crippen LogP contribution < -0.4 is 0 Å². The van der Waals surface area contributed by atoms with E-state index < -0.39 is 6.10 Å². The van der Waals surface area contributed by atoms with Crippen molar-refractivity contribution in [1.29, 1.82) is 0 Å². The predicted molar refractivity (Wildman–Crippen MR) is 261 cm³/mol. The van der Waals surface area contributed by atoms with Gasteiger partial charge in [0.15, 0.2) is 6.10 Å². The molecule has 0 spiro atoms. The van der Waals surface area contributed by atoms with Crippen LogP contribution in [0.15, 0.2) is 0 Å². The lowest BCUT2D eigenvalue weighted by Crippen LogP contribution is -2.30. The molecule has 0 radical (unpaired) electrons. The molecule has 0 aromatic heterocycles. The Kier molecular flexibility index (Phi) is 45.2. The number of rotatable bonds is 48. The van der Waals surface area contributed by atoms with Crippen molar-refractivity contribution >= 4 is 17.9 Å². The average Bonchev–Trinajstić information content (AvgIpc) is 3.22. The molecule has 1 atom stereocenters. The van der Waals surface area contributed by atoms with E-state index in [1.807, 2.05) is 0 Å². The summed E-state index contributed by atoms with van der Waals surface area (Å²) in [5.41, 5.74) is 0. The summed E-state index contributed by atoms with van der Waals surface area (Å²) in [6.07, 6.45) is 46.9. The molecule has 0 bridgehead atoms. The number of hydrogen-bond donors (Lipinski definition) is 0. The van der Waals surface area contributed by atoms with Gasteiger partial charge in [0.1, 0.15) is 13.2 Å². The SMILES string of the molecule is CC(C)CCCCCCCCCCCCCCCCCCCCC(=O)OC[C@@H](COC(=O)CCCCCCCCCCCCC(C)C)OC(=O)CCCCCCCCC(C)C. The second-order valence-electron chi connectivity index (χ2n) is 20.3. The molecule has 0 aliphatic rings. The number of hydrogen-bond acceptors (Lipinski definition) is 6. The fourth-order valence-corrected chi connectivity index (χ4v) is 8.29. The summed E-state index contributed by atoms with van der Waals surface area (Å²) in [6.45, 7) is 13.7. The van der Waals surface area contributed by atoms with E-state index >= 15 is 0 Å². The minimum absolute atomic E-state index is 0.0654. The third-order valence-corrected chi connectivity index (χ3v) is 12.4. The number of unbranched alkanes of at least 4 members (excludes halogenated alkanes) is 31. The Morgan fingerprint density at radius 2 is 0.475 bits per heavy atom. The third-order valence-electron chi connectivity index (χ3n) is 12.4. The van der Waals surface area contributed by atoms with Crippen LogP contribution >= 0.6 is 0 Å². The van der Waals surface area contributed by atoms with E-state index in [4.69, 9.17) is 14.2 Å². The monoisotopic (exact) mass is 863 g/mol. The van der Waals surface area contributed by atoms with Crippen molar-refractivity contribution in [2.45, 2.75) is 304 Å². The molecule has 0 unspecified atom stereocenters. The molecule has 6 heteroatoms. The molecule has 0 saturated carbocycles. The maximum Gasteiger partial charge on any atom is 0.306 e. The first-order valence-corrected chi connectivity index (χ1v) is 27.1. The second kappa shape index (κ2) is 46.4. The van der Waals surface area contributed by atoms with E-state index in [-0.39, 0.29) is 31.1 Å². The van der Waals surface area contributed by atoms with E-state index in [1.165, 1.54) is 180 Å². The van der Waals surface area contributed by atoms with Crippen LogP contribution in [0.1, 0.15) is 298 Å². The van der Waals surface area contributed by atoms with Crippen LogP contribution in [0.5, 0.6) is 0 Å². The highest BCUT2D eigenvalue weighted by Gasteiger charge is 2.19. The number of ether oxygens (including phenoxy) is 3. The lowest BCUT2D eigenvalue weighted by atomic mass is 10.0. The molecule has 0 rings (SSSR count). The zero-order valence-corrected chi connectivity index (χ0v) is 42.0. The molecular formula is C55H106O6. The van der Waals surface area contributed by atoms with E-state index in [1.54, 1.807) is 0 Å². The zero-order valence-electron chi connectivity index (χ0n) is 42.0. The predicted octanol–water partition coefficient (Wildman–Crippen LogP) is 17.6. The quantitative estimate of drug-likeness (QED) is 0.0344. The van der Waals surface area contributed by atoms with Gasteiger partial charge < -0.3 is 14.2 Å².